The topological polar surface area (TPSA) is 52.3 Å². The van der Waals surface area contributed by atoms with Gasteiger partial charge in [0.2, 0.25) is 0 Å². The highest BCUT2D eigenvalue weighted by Gasteiger charge is 2.31. The lowest BCUT2D eigenvalue weighted by Crippen LogP contribution is -2.47. The Hall–Kier alpha value is -0.520. The number of ether oxygens (including phenoxy) is 1. The standard InChI is InChI=1S/C13H18BrNO2S/c1-9(8-13(2,15)12(16)17-3)18-11-7-5-4-6-10(11)14/h4-7,9H,8,15H2,1-3H3. The number of methoxy groups -OCH3 is 1. The molecule has 5 heteroatoms. The minimum absolute atomic E-state index is 0.220. The first-order valence-electron chi connectivity index (χ1n) is 5.65. The van der Waals surface area contributed by atoms with Gasteiger partial charge in [-0.05, 0) is 41.4 Å². The zero-order valence-electron chi connectivity index (χ0n) is 10.8. The van der Waals surface area contributed by atoms with Crippen LogP contribution >= 0.6 is 27.7 Å². The quantitative estimate of drug-likeness (QED) is 0.664. The molecule has 18 heavy (non-hydrogen) atoms. The van der Waals surface area contributed by atoms with E-state index in [-0.39, 0.29) is 11.2 Å². The highest BCUT2D eigenvalue weighted by molar-refractivity contribution is 9.10. The average molecular weight is 332 g/mol. The predicted molar refractivity (Wildman–Crippen MR) is 78.7 cm³/mol. The van der Waals surface area contributed by atoms with Crippen molar-refractivity contribution in [3.05, 3.63) is 28.7 Å². The van der Waals surface area contributed by atoms with E-state index < -0.39 is 5.54 Å². The Labute approximate surface area is 121 Å². The Bertz CT molecular complexity index is 423. The molecule has 0 aliphatic rings. The van der Waals surface area contributed by atoms with Gasteiger partial charge in [0.25, 0.3) is 0 Å². The van der Waals surface area contributed by atoms with Gasteiger partial charge in [-0.15, -0.1) is 11.8 Å². The van der Waals surface area contributed by atoms with E-state index >= 15 is 0 Å². The molecule has 0 heterocycles. The summed E-state index contributed by atoms with van der Waals surface area (Å²) < 4.78 is 5.76. The van der Waals surface area contributed by atoms with Crippen LogP contribution in [0.4, 0.5) is 0 Å². The first-order chi connectivity index (χ1) is 8.36. The van der Waals surface area contributed by atoms with Gasteiger partial charge in [-0.25, -0.2) is 0 Å². The van der Waals surface area contributed by atoms with E-state index in [0.29, 0.717) is 6.42 Å². The Balaban J connectivity index is 2.65. The monoisotopic (exact) mass is 331 g/mol. The second-order valence-corrected chi connectivity index (χ2v) is 6.81. The lowest BCUT2D eigenvalue weighted by Gasteiger charge is -2.25. The third-order valence-corrected chi connectivity index (χ3v) is 4.66. The molecule has 0 aliphatic heterocycles. The molecule has 0 amide bonds. The van der Waals surface area contributed by atoms with Crippen LogP contribution in [0.2, 0.25) is 0 Å². The van der Waals surface area contributed by atoms with Gasteiger partial charge in [-0.2, -0.15) is 0 Å². The van der Waals surface area contributed by atoms with Gasteiger partial charge in [-0.3, -0.25) is 4.79 Å². The molecule has 1 aromatic carbocycles. The molecule has 2 N–H and O–H groups in total. The third-order valence-electron chi connectivity index (χ3n) is 2.53. The Morgan fingerprint density at radius 1 is 1.56 bits per heavy atom. The van der Waals surface area contributed by atoms with Crippen LogP contribution < -0.4 is 5.73 Å². The summed E-state index contributed by atoms with van der Waals surface area (Å²) in [4.78, 5) is 12.7. The summed E-state index contributed by atoms with van der Waals surface area (Å²) in [5.74, 6) is -0.373. The molecule has 2 atom stereocenters. The van der Waals surface area contributed by atoms with Crippen molar-refractivity contribution in [1.29, 1.82) is 0 Å². The largest absolute Gasteiger partial charge is 0.468 e. The molecule has 1 aromatic rings. The number of hydrogen-bond donors (Lipinski definition) is 1. The Morgan fingerprint density at radius 2 is 2.17 bits per heavy atom. The molecular weight excluding hydrogens is 314 g/mol. The second-order valence-electron chi connectivity index (χ2n) is 4.47. The van der Waals surface area contributed by atoms with Crippen LogP contribution in [0.1, 0.15) is 20.3 Å². The molecule has 100 valence electrons. The summed E-state index contributed by atoms with van der Waals surface area (Å²) in [7, 11) is 1.36. The van der Waals surface area contributed by atoms with Gasteiger partial charge in [0, 0.05) is 14.6 Å². The number of hydrogen-bond acceptors (Lipinski definition) is 4. The van der Waals surface area contributed by atoms with E-state index in [2.05, 4.69) is 22.9 Å². The molecular formula is C13H18BrNO2S. The summed E-state index contributed by atoms with van der Waals surface area (Å²) in [6.07, 6.45) is 0.561. The molecule has 0 saturated heterocycles. The van der Waals surface area contributed by atoms with Gasteiger partial charge in [0.15, 0.2) is 0 Å². The van der Waals surface area contributed by atoms with E-state index in [4.69, 9.17) is 10.5 Å². The Kier molecular flexibility index (Phi) is 5.69. The van der Waals surface area contributed by atoms with Gasteiger partial charge < -0.3 is 10.5 Å². The van der Waals surface area contributed by atoms with E-state index in [1.165, 1.54) is 7.11 Å². The number of rotatable bonds is 5. The summed E-state index contributed by atoms with van der Waals surface area (Å²) in [5, 5.41) is 0.220. The minimum atomic E-state index is -0.942. The molecule has 0 aliphatic carbocycles. The zero-order chi connectivity index (χ0) is 13.8. The fraction of sp³-hybridized carbons (Fsp3) is 0.462. The summed E-state index contributed by atoms with van der Waals surface area (Å²) in [6.45, 7) is 3.76. The molecule has 0 spiro atoms. The second kappa shape index (κ2) is 6.59. The smallest absolute Gasteiger partial charge is 0.325 e. The van der Waals surface area contributed by atoms with Crippen LogP contribution in [-0.4, -0.2) is 23.9 Å². The maximum Gasteiger partial charge on any atom is 0.325 e. The van der Waals surface area contributed by atoms with Crippen LogP contribution in [0.3, 0.4) is 0 Å². The van der Waals surface area contributed by atoms with Crippen molar-refractivity contribution in [2.45, 2.75) is 36.0 Å². The first kappa shape index (κ1) is 15.5. The summed E-state index contributed by atoms with van der Waals surface area (Å²) in [6, 6.07) is 8.00. The van der Waals surface area contributed by atoms with Crippen molar-refractivity contribution in [3.8, 4) is 0 Å². The number of halogens is 1. The maximum absolute atomic E-state index is 11.5. The molecule has 1 rings (SSSR count). The number of esters is 1. The molecule has 3 nitrogen and oxygen atoms in total. The maximum atomic E-state index is 11.5. The fourth-order valence-corrected chi connectivity index (χ4v) is 3.48. The van der Waals surface area contributed by atoms with Crippen LogP contribution in [-0.2, 0) is 9.53 Å². The molecule has 0 aromatic heterocycles. The van der Waals surface area contributed by atoms with Gasteiger partial charge in [0.05, 0.1) is 7.11 Å². The molecule has 0 radical (unpaired) electrons. The van der Waals surface area contributed by atoms with Gasteiger partial charge >= 0.3 is 5.97 Å². The fourth-order valence-electron chi connectivity index (χ4n) is 1.71. The summed E-state index contributed by atoms with van der Waals surface area (Å²) in [5.41, 5.74) is 5.02. The van der Waals surface area contributed by atoms with Crippen molar-refractivity contribution < 1.29 is 9.53 Å². The highest BCUT2D eigenvalue weighted by atomic mass is 79.9. The van der Waals surface area contributed by atoms with Crippen molar-refractivity contribution in [2.75, 3.05) is 7.11 Å². The molecule has 2 unspecified atom stereocenters. The number of benzene rings is 1. The number of carbonyl (C=O) groups is 1. The van der Waals surface area contributed by atoms with Crippen molar-refractivity contribution in [1.82, 2.24) is 0 Å². The van der Waals surface area contributed by atoms with E-state index in [1.807, 2.05) is 24.3 Å². The average Bonchev–Trinajstić information content (AvgIpc) is 2.30. The lowest BCUT2D eigenvalue weighted by molar-refractivity contribution is -0.146. The number of thioether (sulfide) groups is 1. The van der Waals surface area contributed by atoms with Crippen molar-refractivity contribution in [2.24, 2.45) is 5.73 Å². The van der Waals surface area contributed by atoms with Crippen LogP contribution in [0.25, 0.3) is 0 Å². The minimum Gasteiger partial charge on any atom is -0.468 e. The van der Waals surface area contributed by atoms with Crippen molar-refractivity contribution >= 4 is 33.7 Å². The number of nitrogens with two attached hydrogens (primary N) is 1. The summed E-state index contributed by atoms with van der Waals surface area (Å²) >= 11 is 5.19. The normalized spacial score (nSPS) is 15.8. The third kappa shape index (κ3) is 4.30. The molecule has 0 bridgehead atoms. The highest BCUT2D eigenvalue weighted by Crippen LogP contribution is 2.33. The molecule has 0 fully saturated rings. The van der Waals surface area contributed by atoms with Crippen molar-refractivity contribution in [3.63, 3.8) is 0 Å². The van der Waals surface area contributed by atoms with Crippen LogP contribution in [0, 0.1) is 0 Å². The predicted octanol–water partition coefficient (Wildman–Crippen LogP) is 3.21. The molecule has 0 saturated carbocycles. The van der Waals surface area contributed by atoms with Gasteiger partial charge in [0.1, 0.15) is 5.54 Å². The van der Waals surface area contributed by atoms with E-state index in [0.717, 1.165) is 9.37 Å². The van der Waals surface area contributed by atoms with E-state index in [1.54, 1.807) is 18.7 Å². The van der Waals surface area contributed by atoms with Crippen LogP contribution in [0.5, 0.6) is 0 Å². The van der Waals surface area contributed by atoms with E-state index in [9.17, 15) is 4.79 Å². The Morgan fingerprint density at radius 3 is 2.72 bits per heavy atom. The SMILES string of the molecule is COC(=O)C(C)(N)CC(C)Sc1ccccc1Br. The van der Waals surface area contributed by atoms with Crippen LogP contribution in [0.15, 0.2) is 33.6 Å². The first-order valence-corrected chi connectivity index (χ1v) is 7.32. The van der Waals surface area contributed by atoms with Gasteiger partial charge in [-0.1, -0.05) is 19.1 Å². The lowest BCUT2D eigenvalue weighted by atomic mass is 9.98. The zero-order valence-corrected chi connectivity index (χ0v) is 13.2. The number of carbonyl (C=O) groups excluding carboxylic acids is 1.